The van der Waals surface area contributed by atoms with Crippen molar-refractivity contribution in [3.63, 3.8) is 0 Å². The fourth-order valence-electron chi connectivity index (χ4n) is 2.00. The number of hydrogen-bond donors (Lipinski definition) is 2. The second-order valence-corrected chi connectivity index (χ2v) is 7.07. The van der Waals surface area contributed by atoms with Crippen molar-refractivity contribution in [1.29, 1.82) is 0 Å². The first-order valence-corrected chi connectivity index (χ1v) is 8.45. The molecule has 0 spiro atoms. The smallest absolute Gasteiger partial charge is 0.211 e. The van der Waals surface area contributed by atoms with E-state index in [-0.39, 0.29) is 11.4 Å². The zero-order valence-corrected chi connectivity index (χ0v) is 12.3. The molecule has 0 saturated carbocycles. The van der Waals surface area contributed by atoms with E-state index in [1.807, 2.05) is 6.92 Å². The molecule has 1 unspecified atom stereocenters. The van der Waals surface area contributed by atoms with Gasteiger partial charge in [0.1, 0.15) is 0 Å². The Morgan fingerprint density at radius 2 is 2.11 bits per heavy atom. The van der Waals surface area contributed by atoms with Gasteiger partial charge in [0.15, 0.2) is 0 Å². The molecule has 5 nitrogen and oxygen atoms in total. The van der Waals surface area contributed by atoms with Gasteiger partial charge in [0.05, 0.1) is 11.4 Å². The SMILES string of the molecule is CCCNCCCS(=O)(=O)NCC1(C)CCCO1. The van der Waals surface area contributed by atoms with E-state index in [4.69, 9.17) is 4.74 Å². The first-order chi connectivity index (χ1) is 8.47. The molecule has 0 aromatic heterocycles. The maximum absolute atomic E-state index is 11.8. The minimum atomic E-state index is -3.16. The van der Waals surface area contributed by atoms with Gasteiger partial charge >= 0.3 is 0 Å². The van der Waals surface area contributed by atoms with Crippen LogP contribution in [-0.4, -0.2) is 46.0 Å². The van der Waals surface area contributed by atoms with Crippen LogP contribution in [0.25, 0.3) is 0 Å². The van der Waals surface area contributed by atoms with Gasteiger partial charge in [0.2, 0.25) is 10.0 Å². The van der Waals surface area contributed by atoms with Crippen LogP contribution < -0.4 is 10.0 Å². The molecular weight excluding hydrogens is 252 g/mol. The van der Waals surface area contributed by atoms with E-state index >= 15 is 0 Å². The van der Waals surface area contributed by atoms with Gasteiger partial charge in [0, 0.05) is 13.2 Å². The van der Waals surface area contributed by atoms with Gasteiger partial charge in [-0.15, -0.1) is 0 Å². The van der Waals surface area contributed by atoms with Crippen molar-refractivity contribution in [3.05, 3.63) is 0 Å². The third-order valence-electron chi connectivity index (χ3n) is 3.16. The van der Waals surface area contributed by atoms with Crippen molar-refractivity contribution in [2.75, 3.05) is 32.0 Å². The Kier molecular flexibility index (Phi) is 6.55. The lowest BCUT2D eigenvalue weighted by Crippen LogP contribution is -2.41. The summed E-state index contributed by atoms with van der Waals surface area (Å²) in [6, 6.07) is 0. The summed E-state index contributed by atoms with van der Waals surface area (Å²) in [5.74, 6) is 0.180. The highest BCUT2D eigenvalue weighted by Gasteiger charge is 2.30. The lowest BCUT2D eigenvalue weighted by atomic mass is 10.0. The van der Waals surface area contributed by atoms with Crippen LogP contribution in [0.1, 0.15) is 39.5 Å². The molecule has 0 aliphatic carbocycles. The first-order valence-electron chi connectivity index (χ1n) is 6.79. The average Bonchev–Trinajstić information content (AvgIpc) is 2.74. The molecule has 1 atom stereocenters. The Morgan fingerprint density at radius 3 is 2.72 bits per heavy atom. The van der Waals surface area contributed by atoms with E-state index < -0.39 is 10.0 Å². The van der Waals surface area contributed by atoms with Crippen LogP contribution in [0, 0.1) is 0 Å². The Bertz CT molecular complexity index is 324. The quantitative estimate of drug-likeness (QED) is 0.614. The summed E-state index contributed by atoms with van der Waals surface area (Å²) in [5, 5.41) is 3.20. The molecular formula is C12H26N2O3S. The fourth-order valence-corrected chi connectivity index (χ4v) is 3.19. The van der Waals surface area contributed by atoms with Crippen LogP contribution in [0.4, 0.5) is 0 Å². The van der Waals surface area contributed by atoms with Gasteiger partial charge < -0.3 is 10.1 Å². The average molecular weight is 278 g/mol. The molecule has 0 bridgehead atoms. The predicted molar refractivity (Wildman–Crippen MR) is 73.2 cm³/mol. The molecule has 1 heterocycles. The van der Waals surface area contributed by atoms with Crippen molar-refractivity contribution in [3.8, 4) is 0 Å². The zero-order valence-electron chi connectivity index (χ0n) is 11.5. The van der Waals surface area contributed by atoms with Gasteiger partial charge in [-0.1, -0.05) is 6.92 Å². The second-order valence-electron chi connectivity index (χ2n) is 5.15. The number of hydrogen-bond acceptors (Lipinski definition) is 4. The number of ether oxygens (including phenoxy) is 1. The summed E-state index contributed by atoms with van der Waals surface area (Å²) >= 11 is 0. The maximum Gasteiger partial charge on any atom is 0.211 e. The molecule has 0 aromatic carbocycles. The van der Waals surface area contributed by atoms with E-state index in [1.165, 1.54) is 0 Å². The molecule has 2 N–H and O–H groups in total. The highest BCUT2D eigenvalue weighted by Crippen LogP contribution is 2.24. The van der Waals surface area contributed by atoms with Gasteiger partial charge in [-0.25, -0.2) is 13.1 Å². The topological polar surface area (TPSA) is 67.4 Å². The third kappa shape index (κ3) is 6.13. The standard InChI is InChI=1S/C12H26N2O3S/c1-3-7-13-8-5-10-18(15,16)14-11-12(2)6-4-9-17-12/h13-14H,3-11H2,1-2H3. The molecule has 1 rings (SSSR count). The summed E-state index contributed by atoms with van der Waals surface area (Å²) in [5.41, 5.74) is -0.312. The monoisotopic (exact) mass is 278 g/mol. The fraction of sp³-hybridized carbons (Fsp3) is 1.00. The molecule has 18 heavy (non-hydrogen) atoms. The van der Waals surface area contributed by atoms with Crippen molar-refractivity contribution in [2.45, 2.75) is 45.1 Å². The zero-order chi connectivity index (χ0) is 13.5. The predicted octanol–water partition coefficient (Wildman–Crippen LogP) is 0.865. The normalized spacial score (nSPS) is 24.6. The van der Waals surface area contributed by atoms with Crippen molar-refractivity contribution in [1.82, 2.24) is 10.0 Å². The number of sulfonamides is 1. The van der Waals surface area contributed by atoms with E-state index in [9.17, 15) is 8.42 Å². The summed E-state index contributed by atoms with van der Waals surface area (Å²) in [7, 11) is -3.16. The molecule has 0 radical (unpaired) electrons. The van der Waals surface area contributed by atoms with Crippen LogP contribution in [0.3, 0.4) is 0 Å². The maximum atomic E-state index is 11.8. The van der Waals surface area contributed by atoms with Crippen LogP contribution in [0.5, 0.6) is 0 Å². The summed E-state index contributed by atoms with van der Waals surface area (Å²) in [6.45, 7) is 6.87. The minimum absolute atomic E-state index is 0.180. The minimum Gasteiger partial charge on any atom is -0.374 e. The third-order valence-corrected chi connectivity index (χ3v) is 4.57. The Balaban J connectivity index is 2.19. The summed E-state index contributed by atoms with van der Waals surface area (Å²) in [4.78, 5) is 0. The lowest BCUT2D eigenvalue weighted by molar-refractivity contribution is 0.0250. The summed E-state index contributed by atoms with van der Waals surface area (Å²) in [6.07, 6.45) is 3.65. The largest absolute Gasteiger partial charge is 0.374 e. The lowest BCUT2D eigenvalue weighted by Gasteiger charge is -2.23. The molecule has 1 fully saturated rings. The van der Waals surface area contributed by atoms with Crippen molar-refractivity contribution in [2.24, 2.45) is 0 Å². The molecule has 0 amide bonds. The molecule has 1 aliphatic rings. The molecule has 108 valence electrons. The van der Waals surface area contributed by atoms with Crippen LogP contribution in [0.15, 0.2) is 0 Å². The van der Waals surface area contributed by atoms with Gasteiger partial charge in [-0.05, 0) is 45.7 Å². The molecule has 6 heteroatoms. The van der Waals surface area contributed by atoms with Crippen LogP contribution in [0.2, 0.25) is 0 Å². The highest BCUT2D eigenvalue weighted by atomic mass is 32.2. The van der Waals surface area contributed by atoms with E-state index in [0.717, 1.165) is 39.0 Å². The Hall–Kier alpha value is -0.170. The molecule has 0 aromatic rings. The number of rotatable bonds is 9. The highest BCUT2D eigenvalue weighted by molar-refractivity contribution is 7.89. The van der Waals surface area contributed by atoms with E-state index in [1.54, 1.807) is 0 Å². The van der Waals surface area contributed by atoms with E-state index in [0.29, 0.717) is 13.0 Å². The number of nitrogens with one attached hydrogen (secondary N) is 2. The van der Waals surface area contributed by atoms with E-state index in [2.05, 4.69) is 17.0 Å². The summed E-state index contributed by atoms with van der Waals surface area (Å²) < 4.78 is 31.7. The van der Waals surface area contributed by atoms with Gasteiger partial charge in [-0.2, -0.15) is 0 Å². The van der Waals surface area contributed by atoms with Crippen LogP contribution >= 0.6 is 0 Å². The van der Waals surface area contributed by atoms with Gasteiger partial charge in [0.25, 0.3) is 0 Å². The molecule has 1 saturated heterocycles. The molecule has 1 aliphatic heterocycles. The van der Waals surface area contributed by atoms with Gasteiger partial charge in [-0.3, -0.25) is 0 Å². The van der Waals surface area contributed by atoms with Crippen molar-refractivity contribution >= 4 is 10.0 Å². The van der Waals surface area contributed by atoms with Crippen molar-refractivity contribution < 1.29 is 13.2 Å². The second kappa shape index (κ2) is 7.43. The Labute approximate surface area is 111 Å². The van der Waals surface area contributed by atoms with Crippen LogP contribution in [-0.2, 0) is 14.8 Å². The first kappa shape index (κ1) is 15.9. The Morgan fingerprint density at radius 1 is 1.33 bits per heavy atom.